The number of likely N-dealkylation sites (tertiary alicyclic amines) is 1. The lowest BCUT2D eigenvalue weighted by molar-refractivity contribution is 0.0565. The van der Waals surface area contributed by atoms with Crippen LogP contribution in [0.25, 0.3) is 10.2 Å². The lowest BCUT2D eigenvalue weighted by atomic mass is 9.78. The van der Waals surface area contributed by atoms with Gasteiger partial charge in [-0.05, 0) is 62.9 Å². The highest BCUT2D eigenvalue weighted by atomic mass is 79.9. The van der Waals surface area contributed by atoms with Crippen molar-refractivity contribution in [2.75, 3.05) is 19.7 Å². The molecule has 0 amide bonds. The number of hydrogen-bond acceptors (Lipinski definition) is 4. The Kier molecular flexibility index (Phi) is 4.24. The molecule has 2 aliphatic rings. The molecule has 1 saturated heterocycles. The van der Waals surface area contributed by atoms with Crippen molar-refractivity contribution < 1.29 is 5.11 Å². The number of aliphatic hydroxyl groups is 1. The van der Waals surface area contributed by atoms with Crippen LogP contribution in [0.5, 0.6) is 0 Å². The van der Waals surface area contributed by atoms with E-state index in [1.165, 1.54) is 22.5 Å². The summed E-state index contributed by atoms with van der Waals surface area (Å²) in [6.07, 6.45) is 4.83. The number of aliphatic hydroxyl groups excluding tert-OH is 1. The minimum absolute atomic E-state index is 0.363. The molecule has 1 saturated carbocycles. The summed E-state index contributed by atoms with van der Waals surface area (Å²) in [6.45, 7) is 2.69. The number of thiazole rings is 1. The Balaban J connectivity index is 1.38. The molecule has 2 aromatic rings. The maximum Gasteiger partial charge on any atom is 0.0970 e. The summed E-state index contributed by atoms with van der Waals surface area (Å²) in [5.41, 5.74) is 1.13. The Bertz CT molecular complexity index is 660. The molecule has 0 spiro atoms. The number of fused-ring (bicyclic) bond motifs is 1. The monoisotopic (exact) mass is 380 g/mol. The molecule has 3 nitrogen and oxygen atoms in total. The van der Waals surface area contributed by atoms with Crippen LogP contribution in [-0.2, 0) is 0 Å². The molecule has 118 valence electrons. The van der Waals surface area contributed by atoms with Crippen LogP contribution in [0, 0.1) is 5.92 Å². The SMILES string of the molecule is OCC1CCN([C@H]2C[C@H](c3nc4ccc(Br)cc4s3)C2)CC1. The number of halogens is 1. The fourth-order valence-electron chi connectivity index (χ4n) is 3.68. The molecular weight excluding hydrogens is 360 g/mol. The van der Waals surface area contributed by atoms with Gasteiger partial charge in [0.2, 0.25) is 0 Å². The number of piperidine rings is 1. The second-order valence-electron chi connectivity index (χ2n) is 6.65. The third-order valence-electron chi connectivity index (χ3n) is 5.25. The summed E-state index contributed by atoms with van der Waals surface area (Å²) in [5.74, 6) is 1.19. The lowest BCUT2D eigenvalue weighted by Gasteiger charge is -2.45. The van der Waals surface area contributed by atoms with Gasteiger partial charge >= 0.3 is 0 Å². The Morgan fingerprint density at radius 1 is 1.27 bits per heavy atom. The molecule has 1 aliphatic heterocycles. The van der Waals surface area contributed by atoms with Crippen LogP contribution >= 0.6 is 27.3 Å². The minimum atomic E-state index is 0.363. The number of rotatable bonds is 3. The molecule has 1 aromatic carbocycles. The van der Waals surface area contributed by atoms with E-state index in [0.29, 0.717) is 18.4 Å². The molecule has 1 aliphatic carbocycles. The standard InChI is InChI=1S/C17H21BrN2OS/c18-13-1-2-15-16(9-13)22-17(19-15)12-7-14(8-12)20-5-3-11(10-21)4-6-20/h1-2,9,11-12,14,21H,3-8,10H2/t12-,14-. The summed E-state index contributed by atoms with van der Waals surface area (Å²) >= 11 is 5.39. The van der Waals surface area contributed by atoms with E-state index in [1.807, 2.05) is 11.3 Å². The van der Waals surface area contributed by atoms with Gasteiger partial charge in [-0.25, -0.2) is 4.98 Å². The molecule has 2 fully saturated rings. The van der Waals surface area contributed by atoms with Crippen LogP contribution in [0.15, 0.2) is 22.7 Å². The molecule has 1 aromatic heterocycles. The van der Waals surface area contributed by atoms with E-state index in [9.17, 15) is 5.11 Å². The fraction of sp³-hybridized carbons (Fsp3) is 0.588. The zero-order chi connectivity index (χ0) is 15.1. The van der Waals surface area contributed by atoms with Gasteiger partial charge in [0.1, 0.15) is 0 Å². The number of benzene rings is 1. The van der Waals surface area contributed by atoms with Gasteiger partial charge in [0, 0.05) is 23.0 Å². The second-order valence-corrected chi connectivity index (χ2v) is 8.63. The van der Waals surface area contributed by atoms with Crippen molar-refractivity contribution >= 4 is 37.5 Å². The van der Waals surface area contributed by atoms with E-state index >= 15 is 0 Å². The summed E-state index contributed by atoms with van der Waals surface area (Å²) in [5, 5.41) is 10.6. The first-order chi connectivity index (χ1) is 10.7. The van der Waals surface area contributed by atoms with Crippen LogP contribution in [0.3, 0.4) is 0 Å². The third-order valence-corrected chi connectivity index (χ3v) is 6.93. The van der Waals surface area contributed by atoms with Gasteiger partial charge in [-0.15, -0.1) is 11.3 Å². The van der Waals surface area contributed by atoms with E-state index in [-0.39, 0.29) is 0 Å². The van der Waals surface area contributed by atoms with Crippen LogP contribution in [0.2, 0.25) is 0 Å². The van der Waals surface area contributed by atoms with Gasteiger partial charge in [-0.2, -0.15) is 0 Å². The van der Waals surface area contributed by atoms with Crippen LogP contribution in [0.1, 0.15) is 36.6 Å². The van der Waals surface area contributed by atoms with Crippen molar-refractivity contribution in [2.45, 2.75) is 37.6 Å². The normalized spacial score (nSPS) is 27.2. The highest BCUT2D eigenvalue weighted by Gasteiger charge is 2.37. The third kappa shape index (κ3) is 2.84. The molecule has 0 atom stereocenters. The van der Waals surface area contributed by atoms with Crippen molar-refractivity contribution in [1.29, 1.82) is 0 Å². The van der Waals surface area contributed by atoms with E-state index in [4.69, 9.17) is 4.98 Å². The lowest BCUT2D eigenvalue weighted by Crippen LogP contribution is -2.47. The van der Waals surface area contributed by atoms with E-state index in [0.717, 1.165) is 42.0 Å². The summed E-state index contributed by atoms with van der Waals surface area (Å²) in [6, 6.07) is 7.09. The van der Waals surface area contributed by atoms with Crippen molar-refractivity contribution in [3.8, 4) is 0 Å². The predicted molar refractivity (Wildman–Crippen MR) is 94.5 cm³/mol. The van der Waals surface area contributed by atoms with Crippen LogP contribution < -0.4 is 0 Å². The molecule has 2 heterocycles. The Morgan fingerprint density at radius 3 is 2.77 bits per heavy atom. The zero-order valence-corrected chi connectivity index (χ0v) is 14.9. The Labute approximate surface area is 143 Å². The van der Waals surface area contributed by atoms with Gasteiger partial charge in [0.25, 0.3) is 0 Å². The maximum absolute atomic E-state index is 9.24. The number of aromatic nitrogens is 1. The average molecular weight is 381 g/mol. The van der Waals surface area contributed by atoms with Gasteiger partial charge in [0.05, 0.1) is 15.2 Å². The highest BCUT2D eigenvalue weighted by Crippen LogP contribution is 2.43. The highest BCUT2D eigenvalue weighted by molar-refractivity contribution is 9.10. The molecule has 1 N–H and O–H groups in total. The van der Waals surface area contributed by atoms with Crippen LogP contribution in [-0.4, -0.2) is 40.7 Å². The molecule has 5 heteroatoms. The Hall–Kier alpha value is -0.490. The van der Waals surface area contributed by atoms with Gasteiger partial charge < -0.3 is 10.0 Å². The van der Waals surface area contributed by atoms with Crippen LogP contribution in [0.4, 0.5) is 0 Å². The first kappa shape index (κ1) is 15.1. The fourth-order valence-corrected chi connectivity index (χ4v) is 5.32. The van der Waals surface area contributed by atoms with Crippen molar-refractivity contribution in [3.05, 3.63) is 27.7 Å². The second kappa shape index (κ2) is 6.19. The summed E-state index contributed by atoms with van der Waals surface area (Å²) in [4.78, 5) is 7.46. The first-order valence-corrected chi connectivity index (χ1v) is 9.75. The number of hydrogen-bond donors (Lipinski definition) is 1. The summed E-state index contributed by atoms with van der Waals surface area (Å²) in [7, 11) is 0. The van der Waals surface area contributed by atoms with Gasteiger partial charge in [0.15, 0.2) is 0 Å². The Morgan fingerprint density at radius 2 is 2.05 bits per heavy atom. The summed E-state index contributed by atoms with van der Waals surface area (Å²) < 4.78 is 2.42. The van der Waals surface area contributed by atoms with E-state index in [1.54, 1.807) is 0 Å². The van der Waals surface area contributed by atoms with Crippen molar-refractivity contribution in [3.63, 3.8) is 0 Å². The quantitative estimate of drug-likeness (QED) is 0.873. The minimum Gasteiger partial charge on any atom is -0.396 e. The maximum atomic E-state index is 9.24. The smallest absolute Gasteiger partial charge is 0.0970 e. The molecule has 0 bridgehead atoms. The molecular formula is C17H21BrN2OS. The van der Waals surface area contributed by atoms with Crippen molar-refractivity contribution in [1.82, 2.24) is 9.88 Å². The molecule has 0 radical (unpaired) electrons. The zero-order valence-electron chi connectivity index (χ0n) is 12.5. The van der Waals surface area contributed by atoms with Gasteiger partial charge in [-0.1, -0.05) is 15.9 Å². The van der Waals surface area contributed by atoms with E-state index < -0.39 is 0 Å². The first-order valence-electron chi connectivity index (χ1n) is 8.14. The molecule has 22 heavy (non-hydrogen) atoms. The molecule has 4 rings (SSSR count). The number of nitrogens with zero attached hydrogens (tertiary/aromatic N) is 2. The average Bonchev–Trinajstić information content (AvgIpc) is 2.89. The predicted octanol–water partition coefficient (Wildman–Crippen LogP) is 4.01. The van der Waals surface area contributed by atoms with Crippen molar-refractivity contribution in [2.24, 2.45) is 5.92 Å². The topological polar surface area (TPSA) is 36.4 Å². The van der Waals surface area contributed by atoms with Gasteiger partial charge in [-0.3, -0.25) is 0 Å². The largest absolute Gasteiger partial charge is 0.396 e. The van der Waals surface area contributed by atoms with E-state index in [2.05, 4.69) is 39.0 Å². The molecule has 0 unspecified atom stereocenters.